The molecule has 6 nitrogen and oxygen atoms in total. The Kier molecular flexibility index (Phi) is 8.43. The van der Waals surface area contributed by atoms with Gasteiger partial charge in [0.2, 0.25) is 0 Å². The Morgan fingerprint density at radius 1 is 0.357 bits per heavy atom. The molecule has 0 saturated heterocycles. The molecule has 0 bridgehead atoms. The average Bonchev–Trinajstić information content (AvgIpc) is 4.20. The van der Waals surface area contributed by atoms with Crippen LogP contribution in [0.5, 0.6) is 0 Å². The fourth-order valence-electron chi connectivity index (χ4n) is 10.8. The van der Waals surface area contributed by atoms with Crippen molar-refractivity contribution in [2.45, 2.75) is 0 Å². The second-order valence-corrected chi connectivity index (χ2v) is 18.8. The molecule has 0 spiro atoms. The molecule has 70 heavy (non-hydrogen) atoms. The molecular formula is C63H36N4O2S. The molecule has 0 aliphatic carbocycles. The minimum absolute atomic E-state index is 0.579. The van der Waals surface area contributed by atoms with Crippen molar-refractivity contribution in [2.24, 2.45) is 0 Å². The van der Waals surface area contributed by atoms with Crippen LogP contribution in [0.2, 0.25) is 0 Å². The Morgan fingerprint density at radius 2 is 0.986 bits per heavy atom. The number of fused-ring (bicyclic) bond motifs is 12. The maximum absolute atomic E-state index is 6.98. The van der Waals surface area contributed by atoms with E-state index in [9.17, 15) is 0 Å². The van der Waals surface area contributed by atoms with E-state index in [0.717, 1.165) is 104 Å². The number of hydrogen-bond acceptors (Lipinski definition) is 6. The summed E-state index contributed by atoms with van der Waals surface area (Å²) in [7, 11) is 0. The Labute approximate surface area is 404 Å². The third-order valence-electron chi connectivity index (χ3n) is 13.9. The van der Waals surface area contributed by atoms with Crippen LogP contribution in [-0.2, 0) is 0 Å². The Balaban J connectivity index is 0.945. The molecule has 15 aromatic rings. The molecule has 15 rings (SSSR count). The maximum atomic E-state index is 6.98. The summed E-state index contributed by atoms with van der Waals surface area (Å²) >= 11 is 1.77. The largest absolute Gasteiger partial charge is 0.456 e. The second-order valence-electron chi connectivity index (χ2n) is 17.8. The average molecular weight is 913 g/mol. The van der Waals surface area contributed by atoms with Crippen molar-refractivity contribution in [2.75, 3.05) is 0 Å². The molecule has 0 unspecified atom stereocenters. The highest BCUT2D eigenvalue weighted by molar-refractivity contribution is 7.26. The third kappa shape index (κ3) is 5.82. The molecule has 5 aromatic heterocycles. The number of nitrogens with zero attached hydrogens (tertiary/aromatic N) is 4. The molecule has 0 aliphatic heterocycles. The van der Waals surface area contributed by atoms with Crippen LogP contribution in [-0.4, -0.2) is 19.5 Å². The van der Waals surface area contributed by atoms with Gasteiger partial charge in [-0.25, -0.2) is 15.0 Å². The van der Waals surface area contributed by atoms with E-state index in [0.29, 0.717) is 17.5 Å². The van der Waals surface area contributed by atoms with Gasteiger partial charge in [-0.3, -0.25) is 0 Å². The number of aromatic nitrogens is 4. The maximum Gasteiger partial charge on any atom is 0.165 e. The molecule has 10 aromatic carbocycles. The summed E-state index contributed by atoms with van der Waals surface area (Å²) in [6.07, 6.45) is 0. The number of benzene rings is 10. The molecule has 0 radical (unpaired) electrons. The highest BCUT2D eigenvalue weighted by Crippen LogP contribution is 2.47. The zero-order valence-corrected chi connectivity index (χ0v) is 38.1. The molecule has 5 heterocycles. The van der Waals surface area contributed by atoms with Crippen LogP contribution in [0.3, 0.4) is 0 Å². The van der Waals surface area contributed by atoms with Crippen LogP contribution < -0.4 is 0 Å². The van der Waals surface area contributed by atoms with Gasteiger partial charge in [0.05, 0.1) is 11.0 Å². The molecule has 0 amide bonds. The molecule has 0 atom stereocenters. The van der Waals surface area contributed by atoms with Crippen molar-refractivity contribution in [3.05, 3.63) is 218 Å². The van der Waals surface area contributed by atoms with Gasteiger partial charge >= 0.3 is 0 Å². The van der Waals surface area contributed by atoms with E-state index in [4.69, 9.17) is 23.8 Å². The predicted octanol–water partition coefficient (Wildman–Crippen LogP) is 17.5. The third-order valence-corrected chi connectivity index (χ3v) is 15.1. The number of thiophene rings is 1. The van der Waals surface area contributed by atoms with Gasteiger partial charge in [-0.15, -0.1) is 11.3 Å². The summed E-state index contributed by atoms with van der Waals surface area (Å²) in [5, 5.41) is 8.85. The van der Waals surface area contributed by atoms with E-state index in [1.165, 1.54) is 26.2 Å². The fourth-order valence-corrected chi connectivity index (χ4v) is 12.0. The van der Waals surface area contributed by atoms with Crippen LogP contribution in [0.15, 0.2) is 227 Å². The molecule has 0 aliphatic rings. The zero-order chi connectivity index (χ0) is 45.9. The topological polar surface area (TPSA) is 69.9 Å². The van der Waals surface area contributed by atoms with Crippen LogP contribution in [0.1, 0.15) is 0 Å². The first-order chi connectivity index (χ1) is 34.7. The zero-order valence-electron chi connectivity index (χ0n) is 37.3. The lowest BCUT2D eigenvalue weighted by molar-refractivity contribution is 0.669. The Hall–Kier alpha value is -9.17. The van der Waals surface area contributed by atoms with Gasteiger partial charge < -0.3 is 13.4 Å². The molecular weight excluding hydrogens is 877 g/mol. The molecule has 7 heteroatoms. The summed E-state index contributed by atoms with van der Waals surface area (Å²) in [4.78, 5) is 15.7. The number of rotatable bonds is 6. The van der Waals surface area contributed by atoms with Crippen molar-refractivity contribution < 1.29 is 8.83 Å². The smallest absolute Gasteiger partial charge is 0.165 e. The van der Waals surface area contributed by atoms with E-state index >= 15 is 0 Å². The summed E-state index contributed by atoms with van der Waals surface area (Å²) in [6.45, 7) is 0. The first-order valence-electron chi connectivity index (χ1n) is 23.4. The highest BCUT2D eigenvalue weighted by atomic mass is 32.1. The van der Waals surface area contributed by atoms with E-state index in [1.54, 1.807) is 11.3 Å². The molecule has 0 N–H and O–H groups in total. The molecule has 326 valence electrons. The van der Waals surface area contributed by atoms with Gasteiger partial charge in [-0.1, -0.05) is 158 Å². The Bertz CT molecular complexity index is 4600. The van der Waals surface area contributed by atoms with Crippen LogP contribution in [0, 0.1) is 0 Å². The predicted molar refractivity (Wildman–Crippen MR) is 289 cm³/mol. The summed E-state index contributed by atoms with van der Waals surface area (Å²) in [6, 6.07) is 76.6. The van der Waals surface area contributed by atoms with Crippen molar-refractivity contribution in [1.29, 1.82) is 0 Å². The van der Waals surface area contributed by atoms with E-state index in [2.05, 4.69) is 187 Å². The van der Waals surface area contributed by atoms with Gasteiger partial charge in [-0.2, -0.15) is 0 Å². The van der Waals surface area contributed by atoms with Crippen molar-refractivity contribution in [1.82, 2.24) is 19.5 Å². The van der Waals surface area contributed by atoms with Crippen molar-refractivity contribution in [3.8, 4) is 62.1 Å². The minimum Gasteiger partial charge on any atom is -0.456 e. The molecule has 0 saturated carbocycles. The minimum atomic E-state index is 0.579. The van der Waals surface area contributed by atoms with Crippen LogP contribution in [0.25, 0.3) is 148 Å². The lowest BCUT2D eigenvalue weighted by Crippen LogP contribution is -2.00. The van der Waals surface area contributed by atoms with Gasteiger partial charge in [-0.05, 0) is 71.8 Å². The standard InChI is InChI=1S/C63H36N4O2S/c1-3-16-37(17-4-1)61-64-62(66-63(65-61)49-27-14-25-46-42-21-9-12-31-55(42)70-60(46)49)48-26-15-30-54-56(48)50-36-38(32-35-53(50)68-54)40-33-34-45(59-57(40)47-22-8-11-29-52(47)69-59)44-24-13-23-43-41-20-7-10-28-51(41)67(58(43)44)39-18-5-2-6-19-39/h1-36H. The number of furan rings is 2. The number of hydrogen-bond donors (Lipinski definition) is 0. The first-order valence-corrected chi connectivity index (χ1v) is 24.2. The second kappa shape index (κ2) is 15.2. The number of para-hydroxylation sites is 4. The van der Waals surface area contributed by atoms with Gasteiger partial charge in [0.1, 0.15) is 22.3 Å². The van der Waals surface area contributed by atoms with Crippen LogP contribution in [0.4, 0.5) is 0 Å². The van der Waals surface area contributed by atoms with Gasteiger partial charge in [0, 0.05) is 86.0 Å². The van der Waals surface area contributed by atoms with Crippen LogP contribution >= 0.6 is 11.3 Å². The highest BCUT2D eigenvalue weighted by Gasteiger charge is 2.24. The lowest BCUT2D eigenvalue weighted by Gasteiger charge is -2.13. The van der Waals surface area contributed by atoms with Gasteiger partial charge in [0.25, 0.3) is 0 Å². The van der Waals surface area contributed by atoms with E-state index in [1.807, 2.05) is 36.4 Å². The summed E-state index contributed by atoms with van der Waals surface area (Å²) in [5.74, 6) is 1.81. The normalized spacial score (nSPS) is 12.0. The first kappa shape index (κ1) is 38.9. The monoisotopic (exact) mass is 912 g/mol. The Morgan fingerprint density at radius 3 is 1.86 bits per heavy atom. The summed E-state index contributed by atoms with van der Waals surface area (Å²) in [5.41, 5.74) is 13.6. The fraction of sp³-hybridized carbons (Fsp3) is 0. The van der Waals surface area contributed by atoms with Crippen molar-refractivity contribution >= 4 is 97.2 Å². The molecule has 0 fully saturated rings. The van der Waals surface area contributed by atoms with E-state index in [-0.39, 0.29) is 0 Å². The van der Waals surface area contributed by atoms with Crippen molar-refractivity contribution in [3.63, 3.8) is 0 Å². The van der Waals surface area contributed by atoms with E-state index < -0.39 is 0 Å². The SMILES string of the molecule is c1ccc(-c2nc(-c3cccc4c3sc3ccccc34)nc(-c3cccc4oc5ccc(-c6ccc(-c7cccc8c9ccccc9n(-c9ccccc9)c78)c7oc8ccccc8c67)cc5c34)n2)cc1. The summed E-state index contributed by atoms with van der Waals surface area (Å²) < 4.78 is 18.4. The lowest BCUT2D eigenvalue weighted by atomic mass is 9.93. The quantitative estimate of drug-likeness (QED) is 0.166. The van der Waals surface area contributed by atoms with Gasteiger partial charge in [0.15, 0.2) is 17.5 Å².